The number of pyridine rings is 1. The van der Waals surface area contributed by atoms with E-state index in [0.717, 1.165) is 83.3 Å². The number of hydrogen-bond donors (Lipinski definition) is 2. The van der Waals surface area contributed by atoms with Crippen LogP contribution in [0.1, 0.15) is 37.7 Å². The minimum absolute atomic E-state index is 0.336. The number of nitrogens with zero attached hydrogens (tertiary/aromatic N) is 3. The van der Waals surface area contributed by atoms with Crippen LogP contribution in [0.5, 0.6) is 11.5 Å². The summed E-state index contributed by atoms with van der Waals surface area (Å²) in [5.74, 6) is 1.11. The number of methoxy groups -OCH3 is 1. The maximum Gasteiger partial charge on any atom is 0.120 e. The smallest absolute Gasteiger partial charge is 0.120 e. The minimum Gasteiger partial charge on any atom is -0.508 e. The Kier molecular flexibility index (Phi) is 7.28. The molecule has 3 aromatic carbocycles. The summed E-state index contributed by atoms with van der Waals surface area (Å²) in [6.45, 7) is 5.04. The predicted molar refractivity (Wildman–Crippen MR) is 156 cm³/mol. The molecule has 1 aromatic heterocycles. The Hall–Kier alpha value is -3.06. The van der Waals surface area contributed by atoms with Crippen molar-refractivity contribution in [2.45, 2.75) is 44.7 Å². The molecule has 1 saturated carbocycles. The maximum absolute atomic E-state index is 10.7. The second-order valence-electron chi connectivity index (χ2n) is 10.6. The molecule has 2 N–H and O–H groups in total. The van der Waals surface area contributed by atoms with Gasteiger partial charge in [-0.05, 0) is 67.4 Å². The Labute approximate surface area is 229 Å². The topological polar surface area (TPSA) is 60.9 Å². The molecule has 0 radical (unpaired) electrons. The molecule has 2 aliphatic rings. The number of fused-ring (bicyclic) bond motifs is 2. The number of benzene rings is 3. The molecule has 6 rings (SSSR count). The average molecular weight is 531 g/mol. The number of hydrogen-bond acceptors (Lipinski definition) is 6. The van der Waals surface area contributed by atoms with Crippen LogP contribution >= 0.6 is 11.6 Å². The van der Waals surface area contributed by atoms with Crippen molar-refractivity contribution in [1.82, 2.24) is 14.8 Å². The molecule has 0 unspecified atom stereocenters. The van der Waals surface area contributed by atoms with Crippen LogP contribution in [-0.4, -0.2) is 59.2 Å². The first-order valence-electron chi connectivity index (χ1n) is 13.7. The Balaban J connectivity index is 1.25. The first kappa shape index (κ1) is 25.2. The van der Waals surface area contributed by atoms with Crippen LogP contribution in [0, 0.1) is 0 Å². The summed E-state index contributed by atoms with van der Waals surface area (Å²) in [6.07, 6.45) is 6.85. The van der Waals surface area contributed by atoms with Crippen LogP contribution in [0.3, 0.4) is 0 Å². The van der Waals surface area contributed by atoms with Crippen LogP contribution in [0.2, 0.25) is 5.02 Å². The molecule has 1 saturated heterocycles. The van der Waals surface area contributed by atoms with E-state index >= 15 is 0 Å². The van der Waals surface area contributed by atoms with E-state index in [2.05, 4.69) is 21.2 Å². The number of phenols is 1. The first-order chi connectivity index (χ1) is 18.6. The summed E-state index contributed by atoms with van der Waals surface area (Å²) >= 11 is 6.30. The van der Waals surface area contributed by atoms with Gasteiger partial charge in [0.2, 0.25) is 0 Å². The summed E-state index contributed by atoms with van der Waals surface area (Å²) < 4.78 is 5.51. The average Bonchev–Trinajstić information content (AvgIpc) is 2.95. The summed E-state index contributed by atoms with van der Waals surface area (Å²) in [5, 5.41) is 17.0. The second kappa shape index (κ2) is 11.0. The highest BCUT2D eigenvalue weighted by atomic mass is 35.5. The zero-order valence-corrected chi connectivity index (χ0v) is 22.7. The number of nitrogens with one attached hydrogen (secondary N) is 1. The standard InChI is InChI=1S/C31H35ClN4O2/c1-38-25-9-11-28-27(19-25)31(26-10-7-22(32)18-29(26)34-28)33-23-8-12-30(37)21(17-23)20-35-13-15-36(16-14-35)24-5-3-2-4-6-24/h7-12,17-19,24,37H,2-6,13-16,20H2,1H3,(H,33,34). The fraction of sp³-hybridized carbons (Fsp3) is 0.387. The molecule has 38 heavy (non-hydrogen) atoms. The van der Waals surface area contributed by atoms with E-state index < -0.39 is 0 Å². The molecule has 1 aliphatic heterocycles. The van der Waals surface area contributed by atoms with E-state index in [9.17, 15) is 5.11 Å². The lowest BCUT2D eigenvalue weighted by Gasteiger charge is -2.40. The van der Waals surface area contributed by atoms with E-state index in [1.54, 1.807) is 13.2 Å². The maximum atomic E-state index is 10.7. The monoisotopic (exact) mass is 530 g/mol. The quantitative estimate of drug-likeness (QED) is 0.208. The summed E-state index contributed by atoms with van der Waals surface area (Å²) in [4.78, 5) is 9.98. The fourth-order valence-electron chi connectivity index (χ4n) is 6.07. The molecular formula is C31H35ClN4O2. The Morgan fingerprint density at radius 3 is 2.53 bits per heavy atom. The molecule has 1 aliphatic carbocycles. The highest BCUT2D eigenvalue weighted by Crippen LogP contribution is 2.37. The van der Waals surface area contributed by atoms with E-state index in [-0.39, 0.29) is 0 Å². The number of piperazine rings is 1. The molecule has 7 heteroatoms. The zero-order chi connectivity index (χ0) is 26.1. The largest absolute Gasteiger partial charge is 0.508 e. The van der Waals surface area contributed by atoms with Gasteiger partial charge in [0.15, 0.2) is 0 Å². The molecule has 198 valence electrons. The number of ether oxygens (including phenoxy) is 1. The van der Waals surface area contributed by atoms with Crippen LogP contribution in [0.4, 0.5) is 11.4 Å². The van der Waals surface area contributed by atoms with Gasteiger partial charge in [-0.15, -0.1) is 0 Å². The molecule has 2 fully saturated rings. The lowest BCUT2D eigenvalue weighted by molar-refractivity contribution is 0.0751. The van der Waals surface area contributed by atoms with E-state index in [1.807, 2.05) is 42.5 Å². The van der Waals surface area contributed by atoms with E-state index in [0.29, 0.717) is 10.8 Å². The third-order valence-electron chi connectivity index (χ3n) is 8.18. The lowest BCUT2D eigenvalue weighted by Crippen LogP contribution is -2.50. The number of anilines is 2. The van der Waals surface area contributed by atoms with Crippen molar-refractivity contribution in [3.05, 3.63) is 65.2 Å². The van der Waals surface area contributed by atoms with E-state index in [4.69, 9.17) is 21.3 Å². The zero-order valence-electron chi connectivity index (χ0n) is 21.9. The predicted octanol–water partition coefficient (Wildman–Crippen LogP) is 6.95. The van der Waals surface area contributed by atoms with Crippen molar-refractivity contribution in [2.24, 2.45) is 0 Å². The van der Waals surface area contributed by atoms with Crippen molar-refractivity contribution in [3.63, 3.8) is 0 Å². The minimum atomic E-state index is 0.336. The fourth-order valence-corrected chi connectivity index (χ4v) is 6.23. The number of aromatic hydroxyl groups is 1. The molecule has 0 amide bonds. The first-order valence-corrected chi connectivity index (χ1v) is 14.1. The van der Waals surface area contributed by atoms with E-state index in [1.165, 1.54) is 32.1 Å². The molecule has 0 spiro atoms. The van der Waals surface area contributed by atoms with Crippen LogP contribution in [-0.2, 0) is 6.54 Å². The lowest BCUT2D eigenvalue weighted by atomic mass is 9.94. The number of halogens is 1. The highest BCUT2D eigenvalue weighted by molar-refractivity contribution is 6.31. The molecular weight excluding hydrogens is 496 g/mol. The summed E-state index contributed by atoms with van der Waals surface area (Å²) in [7, 11) is 1.67. The van der Waals surface area contributed by atoms with Gasteiger partial charge in [0.1, 0.15) is 11.5 Å². The van der Waals surface area contributed by atoms with Gasteiger partial charge in [0, 0.05) is 65.8 Å². The molecule has 2 heterocycles. The van der Waals surface area contributed by atoms with Gasteiger partial charge < -0.3 is 15.2 Å². The van der Waals surface area contributed by atoms with Gasteiger partial charge in [0.25, 0.3) is 0 Å². The van der Waals surface area contributed by atoms with Gasteiger partial charge in [0.05, 0.1) is 23.8 Å². The van der Waals surface area contributed by atoms with Gasteiger partial charge in [-0.1, -0.05) is 30.9 Å². The number of phenolic OH excluding ortho intramolecular Hbond substituents is 1. The normalized spacial score (nSPS) is 17.7. The number of rotatable bonds is 6. The summed E-state index contributed by atoms with van der Waals surface area (Å²) in [5.41, 5.74) is 4.48. The van der Waals surface area contributed by atoms with Crippen molar-refractivity contribution in [1.29, 1.82) is 0 Å². The SMILES string of the molecule is COc1ccc2nc3cc(Cl)ccc3c(Nc3ccc(O)c(CN4CCN(C5CCCCC5)CC4)c3)c2c1. The Bertz CT molecular complexity index is 1450. The summed E-state index contributed by atoms with van der Waals surface area (Å²) in [6, 6.07) is 18.2. The Morgan fingerprint density at radius 2 is 1.74 bits per heavy atom. The third kappa shape index (κ3) is 5.26. The van der Waals surface area contributed by atoms with Crippen LogP contribution < -0.4 is 10.1 Å². The van der Waals surface area contributed by atoms with Crippen LogP contribution in [0.15, 0.2) is 54.6 Å². The molecule has 6 nitrogen and oxygen atoms in total. The van der Waals surface area contributed by atoms with Crippen molar-refractivity contribution in [3.8, 4) is 11.5 Å². The second-order valence-corrected chi connectivity index (χ2v) is 11.0. The van der Waals surface area contributed by atoms with Gasteiger partial charge in [-0.25, -0.2) is 4.98 Å². The van der Waals surface area contributed by atoms with Crippen LogP contribution in [0.25, 0.3) is 21.8 Å². The molecule has 0 bridgehead atoms. The van der Waals surface area contributed by atoms with Crippen molar-refractivity contribution in [2.75, 3.05) is 38.6 Å². The van der Waals surface area contributed by atoms with Crippen molar-refractivity contribution < 1.29 is 9.84 Å². The number of aromatic nitrogens is 1. The molecule has 4 aromatic rings. The van der Waals surface area contributed by atoms with Crippen molar-refractivity contribution >= 4 is 44.8 Å². The highest BCUT2D eigenvalue weighted by Gasteiger charge is 2.25. The molecule has 0 atom stereocenters. The van der Waals surface area contributed by atoms with Gasteiger partial charge in [-0.2, -0.15) is 0 Å². The Morgan fingerprint density at radius 1 is 0.921 bits per heavy atom. The third-order valence-corrected chi connectivity index (χ3v) is 8.42. The van der Waals surface area contributed by atoms with Gasteiger partial charge in [-0.3, -0.25) is 9.80 Å². The van der Waals surface area contributed by atoms with Gasteiger partial charge >= 0.3 is 0 Å².